The minimum Gasteiger partial charge on any atom is -0.468 e. The van der Waals surface area contributed by atoms with Crippen molar-refractivity contribution < 1.29 is 9.53 Å². The third-order valence-electron chi connectivity index (χ3n) is 4.14. The fourth-order valence-corrected chi connectivity index (χ4v) is 2.86. The number of benzene rings is 2. The van der Waals surface area contributed by atoms with E-state index in [4.69, 9.17) is 4.74 Å². The molecule has 2 nitrogen and oxygen atoms in total. The lowest BCUT2D eigenvalue weighted by Gasteiger charge is -2.10. The van der Waals surface area contributed by atoms with Gasteiger partial charge in [0.2, 0.25) is 0 Å². The Hall–Kier alpha value is -2.35. The third kappa shape index (κ3) is 2.62. The van der Waals surface area contributed by atoms with E-state index in [0.29, 0.717) is 0 Å². The molecule has 0 spiro atoms. The molecule has 0 radical (unpaired) electrons. The van der Waals surface area contributed by atoms with Gasteiger partial charge in [0.05, 0.1) is 12.5 Å². The molecular formula is C19H18O2. The van der Waals surface area contributed by atoms with Crippen LogP contribution in [0.1, 0.15) is 23.5 Å². The van der Waals surface area contributed by atoms with Crippen LogP contribution in [0.15, 0.2) is 66.7 Å². The normalized spacial score (nSPS) is 24.0. The summed E-state index contributed by atoms with van der Waals surface area (Å²) in [5.74, 6) is 0.0645. The maximum atomic E-state index is 12.2. The van der Waals surface area contributed by atoms with Gasteiger partial charge >= 0.3 is 5.97 Å². The highest BCUT2D eigenvalue weighted by Gasteiger charge is 2.59. The number of carbonyl (C=O) groups excluding carboxylic acids is 1. The van der Waals surface area contributed by atoms with Crippen LogP contribution in [0.3, 0.4) is 0 Å². The van der Waals surface area contributed by atoms with Crippen LogP contribution in [-0.4, -0.2) is 13.1 Å². The van der Waals surface area contributed by atoms with Crippen molar-refractivity contribution >= 4 is 12.0 Å². The third-order valence-corrected chi connectivity index (χ3v) is 4.14. The number of hydrogen-bond donors (Lipinski definition) is 0. The molecule has 0 N–H and O–H groups in total. The van der Waals surface area contributed by atoms with Crippen LogP contribution in [0.4, 0.5) is 0 Å². The molecule has 1 saturated carbocycles. The summed E-state index contributed by atoms with van der Waals surface area (Å²) in [6, 6.07) is 20.2. The van der Waals surface area contributed by atoms with Gasteiger partial charge in [-0.15, -0.1) is 0 Å². The first-order chi connectivity index (χ1) is 10.3. The summed E-state index contributed by atoms with van der Waals surface area (Å²) in [6.07, 6.45) is 4.83. The van der Waals surface area contributed by atoms with Gasteiger partial charge < -0.3 is 4.74 Å². The minimum absolute atomic E-state index is 0.150. The SMILES string of the molecule is COC(=O)[C@]1(/C=C/c2ccccc2)C[C@H]1c1ccccc1. The van der Waals surface area contributed by atoms with Crippen molar-refractivity contribution in [3.05, 3.63) is 77.9 Å². The number of ether oxygens (including phenoxy) is 1. The van der Waals surface area contributed by atoms with Crippen molar-refractivity contribution in [3.8, 4) is 0 Å². The lowest BCUT2D eigenvalue weighted by Crippen LogP contribution is -2.17. The molecule has 0 saturated heterocycles. The van der Waals surface area contributed by atoms with Gasteiger partial charge in [0.15, 0.2) is 0 Å². The number of esters is 1. The summed E-state index contributed by atoms with van der Waals surface area (Å²) in [7, 11) is 1.46. The Morgan fingerprint density at radius 3 is 2.33 bits per heavy atom. The second-order valence-electron chi connectivity index (χ2n) is 5.44. The van der Waals surface area contributed by atoms with E-state index in [1.54, 1.807) is 0 Å². The summed E-state index contributed by atoms with van der Waals surface area (Å²) in [4.78, 5) is 12.2. The topological polar surface area (TPSA) is 26.3 Å². The molecule has 3 rings (SSSR count). The smallest absolute Gasteiger partial charge is 0.316 e. The second-order valence-corrected chi connectivity index (χ2v) is 5.44. The predicted octanol–water partition coefficient (Wildman–Crippen LogP) is 4.05. The Morgan fingerprint density at radius 1 is 1.10 bits per heavy atom. The fourth-order valence-electron chi connectivity index (χ4n) is 2.86. The highest BCUT2D eigenvalue weighted by Crippen LogP contribution is 2.61. The van der Waals surface area contributed by atoms with Crippen molar-refractivity contribution in [2.75, 3.05) is 7.11 Å². The Morgan fingerprint density at radius 2 is 1.71 bits per heavy atom. The summed E-state index contributed by atoms with van der Waals surface area (Å²) in [5.41, 5.74) is 1.78. The highest BCUT2D eigenvalue weighted by molar-refractivity contribution is 5.86. The molecule has 0 unspecified atom stereocenters. The quantitative estimate of drug-likeness (QED) is 0.789. The molecule has 106 valence electrons. The van der Waals surface area contributed by atoms with E-state index in [1.165, 1.54) is 12.7 Å². The molecule has 0 aliphatic heterocycles. The summed E-state index contributed by atoms with van der Waals surface area (Å²) in [6.45, 7) is 0. The fraction of sp³-hybridized carbons (Fsp3) is 0.211. The monoisotopic (exact) mass is 278 g/mol. The Kier molecular flexibility index (Phi) is 3.61. The van der Waals surface area contributed by atoms with Gasteiger partial charge in [-0.25, -0.2) is 0 Å². The van der Waals surface area contributed by atoms with Gasteiger partial charge in [-0.1, -0.05) is 72.8 Å². The number of hydrogen-bond acceptors (Lipinski definition) is 2. The zero-order valence-corrected chi connectivity index (χ0v) is 12.0. The van der Waals surface area contributed by atoms with Crippen LogP contribution < -0.4 is 0 Å². The van der Waals surface area contributed by atoms with E-state index < -0.39 is 5.41 Å². The molecule has 2 atom stereocenters. The maximum Gasteiger partial charge on any atom is 0.316 e. The van der Waals surface area contributed by atoms with Crippen molar-refractivity contribution in [1.29, 1.82) is 0 Å². The Bertz CT molecular complexity index is 646. The molecule has 1 aliphatic carbocycles. The zero-order chi connectivity index (χ0) is 14.7. The molecule has 2 heteroatoms. The first-order valence-electron chi connectivity index (χ1n) is 7.14. The molecule has 1 fully saturated rings. The Balaban J connectivity index is 1.87. The summed E-state index contributed by atoms with van der Waals surface area (Å²) >= 11 is 0. The number of carbonyl (C=O) groups is 1. The van der Waals surface area contributed by atoms with Crippen molar-refractivity contribution in [2.45, 2.75) is 12.3 Å². The van der Waals surface area contributed by atoms with Gasteiger partial charge in [0.1, 0.15) is 0 Å². The van der Waals surface area contributed by atoms with Crippen molar-refractivity contribution in [2.24, 2.45) is 5.41 Å². The predicted molar refractivity (Wildman–Crippen MR) is 83.7 cm³/mol. The van der Waals surface area contributed by atoms with E-state index >= 15 is 0 Å². The lowest BCUT2D eigenvalue weighted by atomic mass is 9.97. The number of methoxy groups -OCH3 is 1. The van der Waals surface area contributed by atoms with E-state index in [0.717, 1.165) is 12.0 Å². The highest BCUT2D eigenvalue weighted by atomic mass is 16.5. The van der Waals surface area contributed by atoms with Crippen LogP contribution in [0.25, 0.3) is 6.08 Å². The van der Waals surface area contributed by atoms with Gasteiger partial charge in [0, 0.05) is 5.92 Å². The molecule has 1 aliphatic rings. The van der Waals surface area contributed by atoms with Crippen molar-refractivity contribution in [1.82, 2.24) is 0 Å². The second kappa shape index (κ2) is 5.57. The van der Waals surface area contributed by atoms with E-state index in [-0.39, 0.29) is 11.9 Å². The molecular weight excluding hydrogens is 260 g/mol. The molecule has 2 aromatic rings. The molecule has 2 aromatic carbocycles. The van der Waals surface area contributed by atoms with Gasteiger partial charge in [0.25, 0.3) is 0 Å². The summed E-state index contributed by atoms with van der Waals surface area (Å²) in [5, 5.41) is 0. The van der Waals surface area contributed by atoms with E-state index in [9.17, 15) is 4.79 Å². The average molecular weight is 278 g/mol. The first-order valence-corrected chi connectivity index (χ1v) is 7.14. The lowest BCUT2D eigenvalue weighted by molar-refractivity contribution is -0.145. The van der Waals surface area contributed by atoms with Crippen LogP contribution in [0.5, 0.6) is 0 Å². The van der Waals surface area contributed by atoms with Crippen LogP contribution in [-0.2, 0) is 9.53 Å². The van der Waals surface area contributed by atoms with Gasteiger partial charge in [-0.3, -0.25) is 4.79 Å². The van der Waals surface area contributed by atoms with Crippen LogP contribution in [0, 0.1) is 5.41 Å². The maximum absolute atomic E-state index is 12.2. The number of rotatable bonds is 4. The molecule has 0 heterocycles. The first kappa shape index (κ1) is 13.6. The molecule has 21 heavy (non-hydrogen) atoms. The van der Waals surface area contributed by atoms with E-state index in [1.807, 2.05) is 60.7 Å². The van der Waals surface area contributed by atoms with Gasteiger partial charge in [-0.2, -0.15) is 0 Å². The van der Waals surface area contributed by atoms with E-state index in [2.05, 4.69) is 12.1 Å². The van der Waals surface area contributed by atoms with Crippen molar-refractivity contribution in [3.63, 3.8) is 0 Å². The molecule has 0 bridgehead atoms. The molecule has 0 aromatic heterocycles. The standard InChI is InChI=1S/C19H18O2/c1-21-18(20)19(13-12-15-8-4-2-5-9-15)14-17(19)16-10-6-3-7-11-16/h2-13,17H,14H2,1H3/b13-12+/t17-,19+/m0/s1. The summed E-state index contributed by atoms with van der Waals surface area (Å²) < 4.78 is 5.03. The van der Waals surface area contributed by atoms with Crippen LogP contribution >= 0.6 is 0 Å². The van der Waals surface area contributed by atoms with Gasteiger partial charge in [-0.05, 0) is 17.5 Å². The largest absolute Gasteiger partial charge is 0.468 e. The van der Waals surface area contributed by atoms with Crippen LogP contribution in [0.2, 0.25) is 0 Å². The Labute approximate surface area is 125 Å². The average Bonchev–Trinajstić information content (AvgIpc) is 3.30. The zero-order valence-electron chi connectivity index (χ0n) is 12.0. The minimum atomic E-state index is -0.508. The molecule has 0 amide bonds.